The predicted molar refractivity (Wildman–Crippen MR) is 81.9 cm³/mol. The fraction of sp³-hybridized carbons (Fsp3) is 0.800. The quantitative estimate of drug-likeness (QED) is 0.918. The summed E-state index contributed by atoms with van der Waals surface area (Å²) >= 11 is 2.14. The first-order valence-electron chi connectivity index (χ1n) is 7.72. The Bertz CT molecular complexity index is 398. The zero-order chi connectivity index (χ0) is 13.1. The number of hydrogen-bond acceptors (Lipinski definition) is 3. The van der Waals surface area contributed by atoms with E-state index >= 15 is 0 Å². The average Bonchev–Trinajstić information content (AvgIpc) is 3.08. The molecule has 2 unspecified atom stereocenters. The van der Waals surface area contributed by atoms with Crippen molar-refractivity contribution in [1.82, 2.24) is 14.9 Å². The van der Waals surface area contributed by atoms with Crippen LogP contribution in [0.3, 0.4) is 0 Å². The number of piperidine rings is 1. The van der Waals surface area contributed by atoms with Crippen LogP contribution >= 0.6 is 11.8 Å². The molecule has 1 saturated carbocycles. The van der Waals surface area contributed by atoms with E-state index in [0.29, 0.717) is 6.04 Å². The predicted octanol–water partition coefficient (Wildman–Crippen LogP) is 3.20. The van der Waals surface area contributed by atoms with Crippen molar-refractivity contribution in [1.29, 1.82) is 0 Å². The fourth-order valence-corrected chi connectivity index (χ4v) is 4.74. The minimum absolute atomic E-state index is 0.705. The lowest BCUT2D eigenvalue weighted by atomic mass is 9.94. The Morgan fingerprint density at radius 2 is 2.16 bits per heavy atom. The maximum atomic E-state index is 4.45. The Hall–Kier alpha value is -0.480. The van der Waals surface area contributed by atoms with E-state index in [1.165, 1.54) is 43.6 Å². The molecule has 2 aliphatic rings. The summed E-state index contributed by atoms with van der Waals surface area (Å²) in [4.78, 5) is 4.45. The molecule has 0 amide bonds. The van der Waals surface area contributed by atoms with E-state index in [2.05, 4.69) is 46.1 Å². The highest BCUT2D eigenvalue weighted by molar-refractivity contribution is 7.99. The number of nitrogens with one attached hydrogen (secondary N) is 1. The topological polar surface area (TPSA) is 29.9 Å². The molecule has 0 aromatic carbocycles. The summed E-state index contributed by atoms with van der Waals surface area (Å²) in [6.45, 7) is 4.60. The zero-order valence-corrected chi connectivity index (χ0v) is 12.7. The molecule has 1 aliphatic heterocycles. The number of thioether (sulfide) groups is 1. The molecule has 106 valence electrons. The van der Waals surface area contributed by atoms with Crippen molar-refractivity contribution in [2.24, 2.45) is 0 Å². The van der Waals surface area contributed by atoms with E-state index < -0.39 is 0 Å². The smallest absolute Gasteiger partial charge is 0.0950 e. The first-order valence-corrected chi connectivity index (χ1v) is 8.77. The Morgan fingerprint density at radius 3 is 2.95 bits per heavy atom. The summed E-state index contributed by atoms with van der Waals surface area (Å²) in [5.41, 5.74) is 1.49. The second kappa shape index (κ2) is 6.31. The van der Waals surface area contributed by atoms with Crippen LogP contribution in [0.5, 0.6) is 0 Å². The maximum Gasteiger partial charge on any atom is 0.0950 e. The number of imidazole rings is 1. The number of rotatable bonds is 4. The van der Waals surface area contributed by atoms with E-state index in [1.807, 2.05) is 0 Å². The molecule has 0 spiro atoms. The van der Waals surface area contributed by atoms with Gasteiger partial charge in [0.05, 0.1) is 6.33 Å². The van der Waals surface area contributed by atoms with Crippen molar-refractivity contribution in [3.8, 4) is 0 Å². The second-order valence-electron chi connectivity index (χ2n) is 5.79. The highest BCUT2D eigenvalue weighted by atomic mass is 32.2. The molecular weight excluding hydrogens is 254 g/mol. The van der Waals surface area contributed by atoms with Crippen LogP contribution in [0.2, 0.25) is 0 Å². The Morgan fingerprint density at radius 1 is 1.32 bits per heavy atom. The summed E-state index contributed by atoms with van der Waals surface area (Å²) < 4.78 is 2.51. The summed E-state index contributed by atoms with van der Waals surface area (Å²) in [6.07, 6.45) is 10.8. The van der Waals surface area contributed by atoms with Gasteiger partial charge in [-0.25, -0.2) is 4.98 Å². The molecule has 2 heterocycles. The van der Waals surface area contributed by atoms with Gasteiger partial charge in [-0.05, 0) is 50.9 Å². The van der Waals surface area contributed by atoms with Gasteiger partial charge in [0.1, 0.15) is 0 Å². The summed E-state index contributed by atoms with van der Waals surface area (Å²) in [5, 5.41) is 4.33. The van der Waals surface area contributed by atoms with Gasteiger partial charge >= 0.3 is 0 Å². The number of nitrogens with zero attached hydrogens (tertiary/aromatic N) is 2. The van der Waals surface area contributed by atoms with Crippen molar-refractivity contribution in [2.45, 2.75) is 56.2 Å². The van der Waals surface area contributed by atoms with Crippen molar-refractivity contribution in [3.63, 3.8) is 0 Å². The van der Waals surface area contributed by atoms with Gasteiger partial charge < -0.3 is 9.88 Å². The van der Waals surface area contributed by atoms with E-state index in [9.17, 15) is 0 Å². The van der Waals surface area contributed by atoms with Crippen LogP contribution in [0.15, 0.2) is 12.5 Å². The lowest BCUT2D eigenvalue weighted by Gasteiger charge is -2.26. The van der Waals surface area contributed by atoms with Gasteiger partial charge in [0.15, 0.2) is 0 Å². The van der Waals surface area contributed by atoms with Crippen molar-refractivity contribution in [3.05, 3.63) is 18.2 Å². The normalized spacial score (nSPS) is 28.9. The third-order valence-electron chi connectivity index (χ3n) is 4.61. The lowest BCUT2D eigenvalue weighted by Crippen LogP contribution is -2.28. The molecule has 2 atom stereocenters. The molecular formula is C15H25N3S. The Kier molecular flexibility index (Phi) is 4.49. The molecule has 3 rings (SSSR count). The van der Waals surface area contributed by atoms with Crippen LogP contribution < -0.4 is 5.32 Å². The van der Waals surface area contributed by atoms with Gasteiger partial charge in [0.2, 0.25) is 0 Å². The first-order chi connectivity index (χ1) is 9.38. The van der Waals surface area contributed by atoms with Crippen LogP contribution in [0.25, 0.3) is 0 Å². The lowest BCUT2D eigenvalue weighted by molar-refractivity contribution is 0.416. The molecule has 0 radical (unpaired) electrons. The third kappa shape index (κ3) is 3.00. The number of aromatic nitrogens is 2. The molecule has 2 fully saturated rings. The SMILES string of the molecule is CCSC1CCC(n2cncc2C2CCNCC2)C1. The first kappa shape index (κ1) is 13.5. The van der Waals surface area contributed by atoms with Gasteiger partial charge in [-0.2, -0.15) is 11.8 Å². The van der Waals surface area contributed by atoms with Crippen molar-refractivity contribution >= 4 is 11.8 Å². The largest absolute Gasteiger partial charge is 0.331 e. The van der Waals surface area contributed by atoms with Gasteiger partial charge in [0.25, 0.3) is 0 Å². The second-order valence-corrected chi connectivity index (χ2v) is 7.37. The van der Waals surface area contributed by atoms with E-state index in [0.717, 1.165) is 24.3 Å². The van der Waals surface area contributed by atoms with E-state index in [1.54, 1.807) is 0 Å². The van der Waals surface area contributed by atoms with Gasteiger partial charge in [-0.15, -0.1) is 0 Å². The molecule has 0 bridgehead atoms. The highest BCUT2D eigenvalue weighted by Gasteiger charge is 2.28. The minimum atomic E-state index is 0.705. The van der Waals surface area contributed by atoms with Gasteiger partial charge in [-0.3, -0.25) is 0 Å². The molecule has 1 saturated heterocycles. The van der Waals surface area contributed by atoms with Crippen LogP contribution in [-0.4, -0.2) is 33.6 Å². The summed E-state index contributed by atoms with van der Waals surface area (Å²) in [7, 11) is 0. The van der Waals surface area contributed by atoms with Crippen LogP contribution in [0.4, 0.5) is 0 Å². The highest BCUT2D eigenvalue weighted by Crippen LogP contribution is 2.39. The molecule has 3 nitrogen and oxygen atoms in total. The van der Waals surface area contributed by atoms with Crippen LogP contribution in [0.1, 0.15) is 56.7 Å². The van der Waals surface area contributed by atoms with Gasteiger partial charge in [-0.1, -0.05) is 6.92 Å². The molecule has 1 aromatic rings. The Labute approximate surface area is 120 Å². The van der Waals surface area contributed by atoms with Crippen molar-refractivity contribution < 1.29 is 0 Å². The standard InChI is InChI=1S/C15H25N3S/c1-2-19-14-4-3-13(9-14)18-11-17-10-15(18)12-5-7-16-8-6-12/h10-14,16H,2-9H2,1H3. The summed E-state index contributed by atoms with van der Waals surface area (Å²) in [5.74, 6) is 1.98. The fourth-order valence-electron chi connectivity index (χ4n) is 3.61. The van der Waals surface area contributed by atoms with Crippen LogP contribution in [-0.2, 0) is 0 Å². The number of hydrogen-bond donors (Lipinski definition) is 1. The van der Waals surface area contributed by atoms with E-state index in [4.69, 9.17) is 0 Å². The molecule has 1 aliphatic carbocycles. The third-order valence-corrected chi connectivity index (χ3v) is 5.84. The maximum absolute atomic E-state index is 4.45. The molecule has 4 heteroatoms. The van der Waals surface area contributed by atoms with Crippen molar-refractivity contribution in [2.75, 3.05) is 18.8 Å². The average molecular weight is 279 g/mol. The van der Waals surface area contributed by atoms with E-state index in [-0.39, 0.29) is 0 Å². The van der Waals surface area contributed by atoms with Gasteiger partial charge in [0, 0.05) is 29.1 Å². The molecule has 1 N–H and O–H groups in total. The summed E-state index contributed by atoms with van der Waals surface area (Å²) in [6, 6.07) is 0.705. The molecule has 1 aromatic heterocycles. The molecule has 19 heavy (non-hydrogen) atoms. The zero-order valence-electron chi connectivity index (χ0n) is 11.8. The Balaban J connectivity index is 1.70. The van der Waals surface area contributed by atoms with Crippen LogP contribution in [0, 0.1) is 0 Å². The monoisotopic (exact) mass is 279 g/mol. The minimum Gasteiger partial charge on any atom is -0.331 e.